The molecule has 16 heavy (non-hydrogen) atoms. The highest BCUT2D eigenvalue weighted by atomic mass is 35.5. The minimum atomic E-state index is 0.369. The van der Waals surface area contributed by atoms with Gasteiger partial charge in [-0.2, -0.15) is 0 Å². The average Bonchev–Trinajstić information content (AvgIpc) is 2.58. The van der Waals surface area contributed by atoms with Crippen LogP contribution in [-0.4, -0.2) is 15.2 Å². The Morgan fingerprint density at radius 1 is 1.31 bits per heavy atom. The van der Waals surface area contributed by atoms with E-state index in [0.717, 1.165) is 11.5 Å². The van der Waals surface area contributed by atoms with Crippen molar-refractivity contribution in [3.8, 4) is 0 Å². The maximum Gasteiger partial charge on any atom is 0.213 e. The second-order valence-electron chi connectivity index (χ2n) is 3.34. The number of oxazole rings is 1. The van der Waals surface area contributed by atoms with Crippen LogP contribution in [-0.2, 0) is 6.54 Å². The predicted octanol–water partition coefficient (Wildman–Crippen LogP) is 2.35. The molecular formula is C10H11ClN4O. The molecule has 1 N–H and O–H groups in total. The summed E-state index contributed by atoms with van der Waals surface area (Å²) in [5.74, 6) is 2.10. The van der Waals surface area contributed by atoms with Crippen LogP contribution in [0.25, 0.3) is 0 Å². The van der Waals surface area contributed by atoms with E-state index >= 15 is 0 Å². The fourth-order valence-electron chi connectivity index (χ4n) is 1.19. The summed E-state index contributed by atoms with van der Waals surface area (Å²) < 4.78 is 5.41. The highest BCUT2D eigenvalue weighted by molar-refractivity contribution is 6.29. The Labute approximate surface area is 97.9 Å². The molecule has 0 radical (unpaired) electrons. The normalized spacial score (nSPS) is 10.4. The van der Waals surface area contributed by atoms with Crippen LogP contribution in [0.5, 0.6) is 0 Å². The molecule has 84 valence electrons. The van der Waals surface area contributed by atoms with Crippen molar-refractivity contribution in [1.29, 1.82) is 0 Å². The van der Waals surface area contributed by atoms with E-state index in [-0.39, 0.29) is 0 Å². The predicted molar refractivity (Wildman–Crippen MR) is 60.3 cm³/mol. The largest absolute Gasteiger partial charge is 0.444 e. The number of rotatable bonds is 3. The molecule has 0 aromatic carbocycles. The molecule has 0 aliphatic carbocycles. The number of aromatic nitrogens is 3. The van der Waals surface area contributed by atoms with Crippen molar-refractivity contribution in [2.45, 2.75) is 20.4 Å². The third-order valence-corrected chi connectivity index (χ3v) is 2.33. The van der Waals surface area contributed by atoms with Crippen LogP contribution < -0.4 is 5.32 Å². The van der Waals surface area contributed by atoms with E-state index in [9.17, 15) is 0 Å². The summed E-state index contributed by atoms with van der Waals surface area (Å²) in [6, 6.07) is 3.42. The molecule has 0 spiro atoms. The van der Waals surface area contributed by atoms with Crippen LogP contribution in [0.1, 0.15) is 17.3 Å². The quantitative estimate of drug-likeness (QED) is 0.889. The van der Waals surface area contributed by atoms with Gasteiger partial charge in [-0.25, -0.2) is 4.98 Å². The first-order valence-corrected chi connectivity index (χ1v) is 5.19. The highest BCUT2D eigenvalue weighted by Crippen LogP contribution is 2.11. The molecule has 2 aromatic rings. The van der Waals surface area contributed by atoms with E-state index < -0.39 is 0 Å². The first-order chi connectivity index (χ1) is 7.65. The number of anilines is 1. The van der Waals surface area contributed by atoms with E-state index in [1.165, 1.54) is 0 Å². The number of nitrogens with zero attached hydrogens (tertiary/aromatic N) is 3. The van der Waals surface area contributed by atoms with Crippen LogP contribution in [0.4, 0.5) is 5.82 Å². The monoisotopic (exact) mass is 238 g/mol. The molecule has 0 bridgehead atoms. The molecule has 2 rings (SSSR count). The molecule has 0 aliphatic rings. The lowest BCUT2D eigenvalue weighted by atomic mass is 10.4. The molecular weight excluding hydrogens is 228 g/mol. The molecule has 0 saturated carbocycles. The second kappa shape index (κ2) is 4.49. The topological polar surface area (TPSA) is 63.8 Å². The van der Waals surface area contributed by atoms with Crippen molar-refractivity contribution >= 4 is 17.4 Å². The van der Waals surface area contributed by atoms with Gasteiger partial charge < -0.3 is 9.73 Å². The minimum absolute atomic E-state index is 0.369. The average molecular weight is 239 g/mol. The summed E-state index contributed by atoms with van der Waals surface area (Å²) >= 11 is 5.62. The van der Waals surface area contributed by atoms with Crippen LogP contribution >= 0.6 is 11.6 Å². The van der Waals surface area contributed by atoms with Crippen molar-refractivity contribution in [3.63, 3.8) is 0 Å². The summed E-state index contributed by atoms with van der Waals surface area (Å²) in [6.45, 7) is 4.27. The van der Waals surface area contributed by atoms with Gasteiger partial charge in [0.2, 0.25) is 5.89 Å². The number of aryl methyl sites for hydroxylation is 2. The Balaban J connectivity index is 1.99. The zero-order valence-electron chi connectivity index (χ0n) is 8.99. The Kier molecular flexibility index (Phi) is 3.05. The summed E-state index contributed by atoms with van der Waals surface area (Å²) in [5.41, 5.74) is 0.902. The molecule has 0 unspecified atom stereocenters. The van der Waals surface area contributed by atoms with Crippen LogP contribution in [0.15, 0.2) is 16.5 Å². The second-order valence-corrected chi connectivity index (χ2v) is 3.73. The smallest absolute Gasteiger partial charge is 0.213 e. The van der Waals surface area contributed by atoms with Gasteiger partial charge in [-0.05, 0) is 26.0 Å². The van der Waals surface area contributed by atoms with E-state index in [0.29, 0.717) is 23.4 Å². The molecule has 0 aliphatic heterocycles. The first-order valence-electron chi connectivity index (χ1n) is 4.81. The van der Waals surface area contributed by atoms with Gasteiger partial charge in [-0.3, -0.25) is 0 Å². The fraction of sp³-hybridized carbons (Fsp3) is 0.300. The Bertz CT molecular complexity index is 461. The van der Waals surface area contributed by atoms with Crippen molar-refractivity contribution < 1.29 is 4.42 Å². The molecule has 0 atom stereocenters. The molecule has 2 heterocycles. The molecule has 6 heteroatoms. The van der Waals surface area contributed by atoms with Gasteiger partial charge in [0.25, 0.3) is 0 Å². The third kappa shape index (κ3) is 2.49. The van der Waals surface area contributed by atoms with Gasteiger partial charge in [-0.1, -0.05) is 11.6 Å². The third-order valence-electron chi connectivity index (χ3n) is 2.13. The zero-order valence-corrected chi connectivity index (χ0v) is 9.75. The molecule has 0 amide bonds. The van der Waals surface area contributed by atoms with Crippen molar-refractivity contribution in [2.24, 2.45) is 0 Å². The molecule has 2 aromatic heterocycles. The van der Waals surface area contributed by atoms with Gasteiger partial charge >= 0.3 is 0 Å². The lowest BCUT2D eigenvalue weighted by Gasteiger charge is -2.00. The zero-order chi connectivity index (χ0) is 11.5. The van der Waals surface area contributed by atoms with Crippen LogP contribution in [0.3, 0.4) is 0 Å². The lowest BCUT2D eigenvalue weighted by molar-refractivity contribution is 0.478. The lowest BCUT2D eigenvalue weighted by Crippen LogP contribution is -2.02. The highest BCUT2D eigenvalue weighted by Gasteiger charge is 2.05. The fourth-order valence-corrected chi connectivity index (χ4v) is 1.29. The number of hydrogen-bond acceptors (Lipinski definition) is 5. The van der Waals surface area contributed by atoms with Crippen LogP contribution in [0.2, 0.25) is 5.15 Å². The maximum absolute atomic E-state index is 5.62. The van der Waals surface area contributed by atoms with Gasteiger partial charge in [0.1, 0.15) is 11.6 Å². The van der Waals surface area contributed by atoms with Crippen LogP contribution in [0, 0.1) is 13.8 Å². The standard InChI is InChI=1S/C10H11ClN4O/c1-6-7(2)16-10(13-6)5-12-9-4-3-8(11)14-15-9/h3-4H,5H2,1-2H3,(H,12,15). The summed E-state index contributed by atoms with van der Waals surface area (Å²) in [6.07, 6.45) is 0. The van der Waals surface area contributed by atoms with Crippen molar-refractivity contribution in [1.82, 2.24) is 15.2 Å². The first kappa shape index (κ1) is 10.9. The van der Waals surface area contributed by atoms with E-state index in [1.54, 1.807) is 12.1 Å². The Hall–Kier alpha value is -1.62. The summed E-state index contributed by atoms with van der Waals surface area (Å²) in [5, 5.41) is 11.0. The molecule has 5 nitrogen and oxygen atoms in total. The summed E-state index contributed by atoms with van der Waals surface area (Å²) in [4.78, 5) is 4.24. The van der Waals surface area contributed by atoms with Crippen molar-refractivity contribution in [2.75, 3.05) is 5.32 Å². The van der Waals surface area contributed by atoms with Gasteiger partial charge in [0, 0.05) is 0 Å². The van der Waals surface area contributed by atoms with Gasteiger partial charge in [0.05, 0.1) is 12.2 Å². The number of hydrogen-bond donors (Lipinski definition) is 1. The SMILES string of the molecule is Cc1nc(CNc2ccc(Cl)nn2)oc1C. The maximum atomic E-state index is 5.62. The Morgan fingerprint density at radius 3 is 2.69 bits per heavy atom. The number of nitrogens with one attached hydrogen (secondary N) is 1. The molecule has 0 saturated heterocycles. The van der Waals surface area contributed by atoms with E-state index in [4.69, 9.17) is 16.0 Å². The van der Waals surface area contributed by atoms with Gasteiger partial charge in [-0.15, -0.1) is 10.2 Å². The summed E-state index contributed by atoms with van der Waals surface area (Å²) in [7, 11) is 0. The molecule has 0 fully saturated rings. The van der Waals surface area contributed by atoms with E-state index in [2.05, 4.69) is 20.5 Å². The van der Waals surface area contributed by atoms with E-state index in [1.807, 2.05) is 13.8 Å². The number of halogens is 1. The van der Waals surface area contributed by atoms with Crippen molar-refractivity contribution in [3.05, 3.63) is 34.6 Å². The Morgan fingerprint density at radius 2 is 2.12 bits per heavy atom. The van der Waals surface area contributed by atoms with Gasteiger partial charge in [0.15, 0.2) is 5.15 Å². The minimum Gasteiger partial charge on any atom is -0.444 e.